The first-order chi connectivity index (χ1) is 9.36. The summed E-state index contributed by atoms with van der Waals surface area (Å²) in [6.45, 7) is 0.591. The summed E-state index contributed by atoms with van der Waals surface area (Å²) < 4.78 is 0. The van der Waals surface area contributed by atoms with Crippen molar-refractivity contribution in [1.82, 2.24) is 4.98 Å². The topological polar surface area (TPSA) is 38.9 Å². The van der Waals surface area contributed by atoms with Crippen LogP contribution in [0.15, 0.2) is 29.6 Å². The maximum Gasteiger partial charge on any atom is 0.0963 e. The Morgan fingerprint density at radius 2 is 2.05 bits per heavy atom. The second-order valence-electron chi connectivity index (χ2n) is 5.31. The van der Waals surface area contributed by atoms with Crippen LogP contribution in [0.1, 0.15) is 48.6 Å². The van der Waals surface area contributed by atoms with E-state index in [1.165, 1.54) is 48.2 Å². The normalized spacial score (nSPS) is 16.7. The van der Waals surface area contributed by atoms with Gasteiger partial charge in [-0.2, -0.15) is 0 Å². The fraction of sp³-hybridized carbons (Fsp3) is 0.438. The van der Waals surface area contributed by atoms with Gasteiger partial charge in [0.25, 0.3) is 0 Å². The first kappa shape index (κ1) is 12.8. The lowest BCUT2D eigenvalue weighted by atomic mass is 9.90. The minimum Gasteiger partial charge on any atom is -0.326 e. The smallest absolute Gasteiger partial charge is 0.0963 e. The van der Waals surface area contributed by atoms with E-state index in [0.29, 0.717) is 12.5 Å². The minimum atomic E-state index is 0.591. The second kappa shape index (κ2) is 5.85. The van der Waals surface area contributed by atoms with Gasteiger partial charge in [-0.05, 0) is 24.5 Å². The van der Waals surface area contributed by atoms with Crippen LogP contribution < -0.4 is 5.73 Å². The third-order valence-electron chi connectivity index (χ3n) is 3.93. The monoisotopic (exact) mass is 272 g/mol. The lowest BCUT2D eigenvalue weighted by Gasteiger charge is -2.18. The third-order valence-corrected chi connectivity index (χ3v) is 4.94. The maximum atomic E-state index is 5.70. The van der Waals surface area contributed by atoms with Gasteiger partial charge < -0.3 is 5.73 Å². The van der Waals surface area contributed by atoms with Crippen molar-refractivity contribution in [2.24, 2.45) is 5.73 Å². The lowest BCUT2D eigenvalue weighted by molar-refractivity contribution is 0.442. The molecule has 2 N–H and O–H groups in total. The van der Waals surface area contributed by atoms with E-state index in [4.69, 9.17) is 10.7 Å². The Bertz CT molecular complexity index is 541. The molecule has 0 bridgehead atoms. The van der Waals surface area contributed by atoms with Crippen LogP contribution in [0, 0.1) is 0 Å². The van der Waals surface area contributed by atoms with Gasteiger partial charge in [-0.3, -0.25) is 0 Å². The lowest BCUT2D eigenvalue weighted by Crippen LogP contribution is -2.03. The molecule has 0 unspecified atom stereocenters. The molecule has 2 aromatic rings. The third kappa shape index (κ3) is 2.88. The zero-order valence-electron chi connectivity index (χ0n) is 11.1. The minimum absolute atomic E-state index is 0.591. The molecule has 1 fully saturated rings. The van der Waals surface area contributed by atoms with Crippen molar-refractivity contribution in [2.45, 2.75) is 44.6 Å². The quantitative estimate of drug-likeness (QED) is 0.904. The van der Waals surface area contributed by atoms with E-state index in [2.05, 4.69) is 29.6 Å². The summed E-state index contributed by atoms with van der Waals surface area (Å²) in [6.07, 6.45) is 6.75. The molecule has 19 heavy (non-hydrogen) atoms. The molecule has 0 saturated heterocycles. The Morgan fingerprint density at radius 3 is 2.84 bits per heavy atom. The average molecular weight is 272 g/mol. The molecule has 1 aliphatic rings. The summed E-state index contributed by atoms with van der Waals surface area (Å²) in [4.78, 5) is 4.86. The van der Waals surface area contributed by atoms with Gasteiger partial charge in [0.1, 0.15) is 0 Å². The van der Waals surface area contributed by atoms with Crippen LogP contribution in [0.4, 0.5) is 0 Å². The van der Waals surface area contributed by atoms with E-state index in [-0.39, 0.29) is 0 Å². The molecule has 1 saturated carbocycles. The molecule has 2 nitrogen and oxygen atoms in total. The van der Waals surface area contributed by atoms with Gasteiger partial charge in [-0.25, -0.2) is 4.98 Å². The number of hydrogen-bond acceptors (Lipinski definition) is 3. The highest BCUT2D eigenvalue weighted by Gasteiger charge is 2.18. The molecule has 0 aliphatic heterocycles. The predicted octanol–water partition coefficient (Wildman–Crippen LogP) is 4.32. The van der Waals surface area contributed by atoms with Crippen molar-refractivity contribution in [3.63, 3.8) is 0 Å². The van der Waals surface area contributed by atoms with Crippen molar-refractivity contribution < 1.29 is 0 Å². The second-order valence-corrected chi connectivity index (χ2v) is 6.20. The predicted molar refractivity (Wildman–Crippen MR) is 81.3 cm³/mol. The van der Waals surface area contributed by atoms with Crippen LogP contribution in [0.2, 0.25) is 0 Å². The summed E-state index contributed by atoms with van der Waals surface area (Å²) in [7, 11) is 0. The van der Waals surface area contributed by atoms with E-state index >= 15 is 0 Å². The van der Waals surface area contributed by atoms with E-state index in [9.17, 15) is 0 Å². The molecule has 0 atom stereocenters. The standard InChI is InChI=1S/C16H20N2S/c17-10-12-5-4-8-14(9-12)15-11-19-16(18-15)13-6-2-1-3-7-13/h4-5,8-9,11,13H,1-3,6-7,10,17H2. The molecular weight excluding hydrogens is 252 g/mol. The fourth-order valence-corrected chi connectivity index (χ4v) is 3.82. The zero-order chi connectivity index (χ0) is 13.1. The highest BCUT2D eigenvalue weighted by Crippen LogP contribution is 2.35. The number of hydrogen-bond donors (Lipinski definition) is 1. The Balaban J connectivity index is 1.83. The van der Waals surface area contributed by atoms with E-state index in [1.54, 1.807) is 0 Å². The Labute approximate surface area is 118 Å². The largest absolute Gasteiger partial charge is 0.326 e. The van der Waals surface area contributed by atoms with E-state index in [1.807, 2.05) is 11.3 Å². The fourth-order valence-electron chi connectivity index (χ4n) is 2.81. The van der Waals surface area contributed by atoms with Crippen molar-refractivity contribution in [3.8, 4) is 11.3 Å². The summed E-state index contributed by atoms with van der Waals surface area (Å²) in [5.41, 5.74) is 9.18. The summed E-state index contributed by atoms with van der Waals surface area (Å²) in [5.74, 6) is 0.699. The van der Waals surface area contributed by atoms with Gasteiger partial charge in [0.2, 0.25) is 0 Å². The molecule has 0 spiro atoms. The van der Waals surface area contributed by atoms with Crippen molar-refractivity contribution in [2.75, 3.05) is 0 Å². The molecule has 1 heterocycles. The van der Waals surface area contributed by atoms with E-state index in [0.717, 1.165) is 5.69 Å². The number of nitrogens with two attached hydrogens (primary N) is 1. The van der Waals surface area contributed by atoms with E-state index < -0.39 is 0 Å². The molecular formula is C16H20N2S. The van der Waals surface area contributed by atoms with Crippen molar-refractivity contribution >= 4 is 11.3 Å². The molecule has 1 aromatic heterocycles. The average Bonchev–Trinajstić information content (AvgIpc) is 2.98. The summed E-state index contributed by atoms with van der Waals surface area (Å²) in [6, 6.07) is 8.41. The van der Waals surface area contributed by atoms with Gasteiger partial charge in [-0.1, -0.05) is 37.5 Å². The van der Waals surface area contributed by atoms with Crippen LogP contribution in [0.3, 0.4) is 0 Å². The Kier molecular flexibility index (Phi) is 3.95. The van der Waals surface area contributed by atoms with Crippen LogP contribution in [-0.4, -0.2) is 4.98 Å². The Hall–Kier alpha value is -1.19. The highest BCUT2D eigenvalue weighted by molar-refractivity contribution is 7.10. The maximum absolute atomic E-state index is 5.70. The number of benzene rings is 1. The van der Waals surface area contributed by atoms with Gasteiger partial charge in [-0.15, -0.1) is 11.3 Å². The first-order valence-corrected chi connectivity index (χ1v) is 7.99. The number of aromatic nitrogens is 1. The Morgan fingerprint density at radius 1 is 1.21 bits per heavy atom. The van der Waals surface area contributed by atoms with Gasteiger partial charge in [0.15, 0.2) is 0 Å². The first-order valence-electron chi connectivity index (χ1n) is 7.11. The molecule has 0 amide bonds. The highest BCUT2D eigenvalue weighted by atomic mass is 32.1. The molecule has 0 radical (unpaired) electrons. The summed E-state index contributed by atoms with van der Waals surface area (Å²) in [5, 5.41) is 3.52. The molecule has 1 aliphatic carbocycles. The van der Waals surface area contributed by atoms with Crippen LogP contribution in [0.5, 0.6) is 0 Å². The van der Waals surface area contributed by atoms with Crippen LogP contribution in [0.25, 0.3) is 11.3 Å². The number of rotatable bonds is 3. The molecule has 3 rings (SSSR count). The number of thiazole rings is 1. The van der Waals surface area contributed by atoms with Gasteiger partial charge in [0.05, 0.1) is 10.7 Å². The van der Waals surface area contributed by atoms with Crippen molar-refractivity contribution in [3.05, 3.63) is 40.2 Å². The van der Waals surface area contributed by atoms with Gasteiger partial charge in [0, 0.05) is 23.4 Å². The van der Waals surface area contributed by atoms with Crippen LogP contribution >= 0.6 is 11.3 Å². The molecule has 1 aromatic carbocycles. The van der Waals surface area contributed by atoms with Gasteiger partial charge >= 0.3 is 0 Å². The SMILES string of the molecule is NCc1cccc(-c2csc(C3CCCCC3)n2)c1. The summed E-state index contributed by atoms with van der Waals surface area (Å²) >= 11 is 1.82. The zero-order valence-corrected chi connectivity index (χ0v) is 12.0. The van der Waals surface area contributed by atoms with Crippen LogP contribution in [-0.2, 0) is 6.54 Å². The molecule has 3 heteroatoms. The number of nitrogens with zero attached hydrogens (tertiary/aromatic N) is 1. The molecule has 100 valence electrons. The van der Waals surface area contributed by atoms with Crippen molar-refractivity contribution in [1.29, 1.82) is 0 Å².